The number of aromatic nitrogens is 2. The van der Waals surface area contributed by atoms with Crippen molar-refractivity contribution < 1.29 is 0 Å². The van der Waals surface area contributed by atoms with Crippen molar-refractivity contribution in [1.29, 1.82) is 0 Å². The third-order valence-corrected chi connectivity index (χ3v) is 2.68. The van der Waals surface area contributed by atoms with Crippen LogP contribution in [0.2, 0.25) is 0 Å². The zero-order valence-corrected chi connectivity index (χ0v) is 9.04. The molecular formula is C14H9N3. The van der Waals surface area contributed by atoms with Crippen LogP contribution in [0.15, 0.2) is 54.7 Å². The number of fused-ring (bicyclic) bond motifs is 1. The van der Waals surface area contributed by atoms with E-state index in [0.717, 1.165) is 16.6 Å². The number of para-hydroxylation sites is 1. The lowest BCUT2D eigenvalue weighted by molar-refractivity contribution is 0.911. The van der Waals surface area contributed by atoms with Gasteiger partial charge in [0.2, 0.25) is 0 Å². The molecule has 0 atom stereocenters. The first-order valence-corrected chi connectivity index (χ1v) is 5.29. The number of nitrogens with zero attached hydrogens (tertiary/aromatic N) is 3. The average Bonchev–Trinajstić information content (AvgIpc) is 2.82. The van der Waals surface area contributed by atoms with E-state index < -0.39 is 0 Å². The van der Waals surface area contributed by atoms with Crippen molar-refractivity contribution in [3.05, 3.63) is 66.1 Å². The monoisotopic (exact) mass is 219 g/mol. The maximum Gasteiger partial charge on any atom is 0.189 e. The Kier molecular flexibility index (Phi) is 2.13. The summed E-state index contributed by atoms with van der Waals surface area (Å²) in [6.45, 7) is 7.04. The summed E-state index contributed by atoms with van der Waals surface area (Å²) in [6.07, 6.45) is 1.82. The fourth-order valence-corrected chi connectivity index (χ4v) is 1.85. The van der Waals surface area contributed by atoms with Gasteiger partial charge >= 0.3 is 0 Å². The van der Waals surface area contributed by atoms with Crippen LogP contribution < -0.4 is 0 Å². The molecule has 0 amide bonds. The van der Waals surface area contributed by atoms with Crippen molar-refractivity contribution in [3.8, 4) is 5.69 Å². The maximum atomic E-state index is 7.04. The Morgan fingerprint density at radius 3 is 2.65 bits per heavy atom. The van der Waals surface area contributed by atoms with Crippen LogP contribution in [0.5, 0.6) is 0 Å². The molecule has 0 unspecified atom stereocenters. The van der Waals surface area contributed by atoms with E-state index in [0.29, 0.717) is 5.69 Å². The van der Waals surface area contributed by atoms with E-state index in [2.05, 4.69) is 9.94 Å². The second-order valence-electron chi connectivity index (χ2n) is 3.75. The second-order valence-corrected chi connectivity index (χ2v) is 3.75. The highest BCUT2D eigenvalue weighted by molar-refractivity contribution is 5.83. The summed E-state index contributed by atoms with van der Waals surface area (Å²) in [7, 11) is 0. The molecule has 0 N–H and O–H groups in total. The summed E-state index contributed by atoms with van der Waals surface area (Å²) in [6, 6.07) is 15.5. The molecule has 0 aliphatic rings. The van der Waals surface area contributed by atoms with Gasteiger partial charge in [-0.15, -0.1) is 0 Å². The molecule has 3 nitrogen and oxygen atoms in total. The number of rotatable bonds is 1. The van der Waals surface area contributed by atoms with Gasteiger partial charge in [0.1, 0.15) is 0 Å². The van der Waals surface area contributed by atoms with E-state index in [1.165, 1.54) is 0 Å². The second kappa shape index (κ2) is 3.76. The van der Waals surface area contributed by atoms with Crippen molar-refractivity contribution >= 4 is 16.6 Å². The Labute approximate surface area is 98.7 Å². The largest absolute Gasteiger partial charge is 0.238 e. The minimum absolute atomic E-state index is 0.634. The quantitative estimate of drug-likeness (QED) is 0.573. The molecule has 3 heteroatoms. The maximum absolute atomic E-state index is 7.04. The smallest absolute Gasteiger partial charge is 0.189 e. The van der Waals surface area contributed by atoms with Crippen LogP contribution in [0.25, 0.3) is 21.4 Å². The summed E-state index contributed by atoms with van der Waals surface area (Å²) < 4.78 is 1.85. The van der Waals surface area contributed by atoms with Gasteiger partial charge in [-0.25, -0.2) is 9.53 Å². The first-order valence-electron chi connectivity index (χ1n) is 5.29. The molecule has 80 valence electrons. The predicted molar refractivity (Wildman–Crippen MR) is 67.3 cm³/mol. The van der Waals surface area contributed by atoms with Crippen LogP contribution in [0.1, 0.15) is 0 Å². The fraction of sp³-hybridized carbons (Fsp3) is 0. The van der Waals surface area contributed by atoms with Gasteiger partial charge < -0.3 is 0 Å². The first-order chi connectivity index (χ1) is 8.38. The van der Waals surface area contributed by atoms with Gasteiger partial charge in [0.25, 0.3) is 0 Å². The Balaban J connectivity index is 2.28. The third kappa shape index (κ3) is 1.56. The minimum atomic E-state index is 0.634. The van der Waals surface area contributed by atoms with Gasteiger partial charge in [-0.2, -0.15) is 5.10 Å². The average molecular weight is 219 g/mol. The molecule has 3 rings (SSSR count). The molecule has 1 heterocycles. The van der Waals surface area contributed by atoms with Crippen LogP contribution in [0.4, 0.5) is 5.69 Å². The molecule has 17 heavy (non-hydrogen) atoms. The lowest BCUT2D eigenvalue weighted by Crippen LogP contribution is -1.94. The van der Waals surface area contributed by atoms with Gasteiger partial charge in [0.05, 0.1) is 24.0 Å². The van der Waals surface area contributed by atoms with Crippen LogP contribution >= 0.6 is 0 Å². The van der Waals surface area contributed by atoms with Gasteiger partial charge in [-0.1, -0.05) is 30.3 Å². The SMILES string of the molecule is [C-]#[N+]c1ccc2cnn(-c3ccccc3)c2c1. The fourth-order valence-electron chi connectivity index (χ4n) is 1.85. The lowest BCUT2D eigenvalue weighted by Gasteiger charge is -2.02. The zero-order valence-electron chi connectivity index (χ0n) is 9.04. The van der Waals surface area contributed by atoms with Crippen molar-refractivity contribution in [1.82, 2.24) is 9.78 Å². The molecule has 0 fully saturated rings. The van der Waals surface area contributed by atoms with Crippen molar-refractivity contribution in [2.75, 3.05) is 0 Å². The molecule has 3 aromatic rings. The van der Waals surface area contributed by atoms with E-state index in [1.807, 2.05) is 59.4 Å². The summed E-state index contributed by atoms with van der Waals surface area (Å²) in [5.74, 6) is 0. The highest BCUT2D eigenvalue weighted by atomic mass is 15.3. The molecule has 0 aliphatic heterocycles. The van der Waals surface area contributed by atoms with Gasteiger partial charge in [-0.05, 0) is 18.2 Å². The minimum Gasteiger partial charge on any atom is -0.238 e. The normalized spacial score (nSPS) is 10.3. The number of benzene rings is 2. The number of hydrogen-bond donors (Lipinski definition) is 0. The standard InChI is InChI=1S/C14H9N3/c1-15-12-8-7-11-10-16-17(14(11)9-12)13-5-3-2-4-6-13/h2-10H. The Morgan fingerprint density at radius 2 is 1.88 bits per heavy atom. The van der Waals surface area contributed by atoms with E-state index in [9.17, 15) is 0 Å². The van der Waals surface area contributed by atoms with Gasteiger partial charge in [0, 0.05) is 5.39 Å². The number of hydrogen-bond acceptors (Lipinski definition) is 1. The molecule has 1 aromatic heterocycles. The van der Waals surface area contributed by atoms with Crippen molar-refractivity contribution in [2.45, 2.75) is 0 Å². The van der Waals surface area contributed by atoms with Crippen LogP contribution in [-0.2, 0) is 0 Å². The Morgan fingerprint density at radius 1 is 1.06 bits per heavy atom. The van der Waals surface area contributed by atoms with Crippen molar-refractivity contribution in [3.63, 3.8) is 0 Å². The van der Waals surface area contributed by atoms with Gasteiger partial charge in [-0.3, -0.25) is 0 Å². The summed E-state index contributed by atoms with van der Waals surface area (Å²) in [4.78, 5) is 3.44. The Bertz CT molecular complexity index is 705. The Hall–Kier alpha value is -2.60. The predicted octanol–water partition coefficient (Wildman–Crippen LogP) is 3.58. The topological polar surface area (TPSA) is 22.2 Å². The summed E-state index contributed by atoms with van der Waals surface area (Å²) >= 11 is 0. The molecular weight excluding hydrogens is 210 g/mol. The molecule has 2 aromatic carbocycles. The molecule has 0 spiro atoms. The third-order valence-electron chi connectivity index (χ3n) is 2.68. The lowest BCUT2D eigenvalue weighted by atomic mass is 10.2. The summed E-state index contributed by atoms with van der Waals surface area (Å²) in [5, 5.41) is 5.40. The molecule has 0 saturated carbocycles. The van der Waals surface area contributed by atoms with E-state index in [1.54, 1.807) is 0 Å². The highest BCUT2D eigenvalue weighted by Gasteiger charge is 2.04. The van der Waals surface area contributed by atoms with Crippen LogP contribution in [0, 0.1) is 6.57 Å². The van der Waals surface area contributed by atoms with E-state index in [-0.39, 0.29) is 0 Å². The van der Waals surface area contributed by atoms with Gasteiger partial charge in [0.15, 0.2) is 5.69 Å². The molecule has 0 aliphatic carbocycles. The first kappa shape index (κ1) is 9.61. The van der Waals surface area contributed by atoms with Crippen molar-refractivity contribution in [2.24, 2.45) is 0 Å². The molecule has 0 bridgehead atoms. The summed E-state index contributed by atoms with van der Waals surface area (Å²) in [5.41, 5.74) is 2.60. The van der Waals surface area contributed by atoms with E-state index >= 15 is 0 Å². The zero-order chi connectivity index (χ0) is 11.7. The highest BCUT2D eigenvalue weighted by Crippen LogP contribution is 2.23. The van der Waals surface area contributed by atoms with Crippen LogP contribution in [0.3, 0.4) is 0 Å². The molecule has 0 saturated heterocycles. The molecule has 0 radical (unpaired) electrons. The van der Waals surface area contributed by atoms with E-state index in [4.69, 9.17) is 6.57 Å². The van der Waals surface area contributed by atoms with Crippen LogP contribution in [-0.4, -0.2) is 9.78 Å².